The van der Waals surface area contributed by atoms with Crippen molar-refractivity contribution >= 4 is 32.7 Å². The quantitative estimate of drug-likeness (QED) is 0.468. The van der Waals surface area contributed by atoms with Gasteiger partial charge < -0.3 is 9.72 Å². The molecule has 0 amide bonds. The highest BCUT2D eigenvalue weighted by atomic mass is 32.2. The zero-order valence-corrected chi connectivity index (χ0v) is 18.0. The van der Waals surface area contributed by atoms with E-state index in [4.69, 9.17) is 4.74 Å². The van der Waals surface area contributed by atoms with Gasteiger partial charge in [0.25, 0.3) is 0 Å². The number of carbonyl (C=O) groups excluding carboxylic acids is 2. The molecule has 1 fully saturated rings. The van der Waals surface area contributed by atoms with Gasteiger partial charge in [0.1, 0.15) is 0 Å². The molecule has 0 bridgehead atoms. The third-order valence-corrected chi connectivity index (χ3v) is 7.60. The lowest BCUT2D eigenvalue weighted by atomic mass is 9.98. The zero-order chi connectivity index (χ0) is 22.0. The van der Waals surface area contributed by atoms with E-state index >= 15 is 0 Å². The fraction of sp³-hybridized carbons (Fsp3) is 0.304. The molecule has 162 valence electrons. The molecule has 0 aliphatic carbocycles. The number of aromatic nitrogens is 1. The molecule has 0 saturated carbocycles. The first-order valence-corrected chi connectivity index (χ1v) is 11.7. The van der Waals surface area contributed by atoms with Crippen molar-refractivity contribution in [2.75, 3.05) is 13.1 Å². The highest BCUT2D eigenvalue weighted by Gasteiger charge is 2.34. The number of ether oxygens (including phenoxy) is 1. The number of hydrogen-bond acceptors (Lipinski definition) is 5. The van der Waals surface area contributed by atoms with Gasteiger partial charge in [-0.3, -0.25) is 9.59 Å². The van der Waals surface area contributed by atoms with Crippen LogP contribution in [0.4, 0.5) is 0 Å². The van der Waals surface area contributed by atoms with Crippen molar-refractivity contribution in [3.8, 4) is 0 Å². The second kappa shape index (κ2) is 8.64. The van der Waals surface area contributed by atoms with Crippen molar-refractivity contribution in [1.29, 1.82) is 0 Å². The molecule has 4 rings (SSSR count). The molecule has 3 aromatic rings. The van der Waals surface area contributed by atoms with Crippen LogP contribution in [0.2, 0.25) is 0 Å². The maximum atomic E-state index is 12.8. The number of para-hydroxylation sites is 1. The molecule has 0 radical (unpaired) electrons. The molecule has 1 aliphatic rings. The van der Waals surface area contributed by atoms with Crippen molar-refractivity contribution in [2.45, 2.75) is 30.8 Å². The van der Waals surface area contributed by atoms with Crippen molar-refractivity contribution in [2.24, 2.45) is 5.92 Å². The summed E-state index contributed by atoms with van der Waals surface area (Å²) in [5, 5.41) is 0.787. The van der Waals surface area contributed by atoms with Gasteiger partial charge in [-0.25, -0.2) is 8.42 Å². The Labute approximate surface area is 181 Å². The van der Waals surface area contributed by atoms with Crippen LogP contribution < -0.4 is 0 Å². The molecule has 0 spiro atoms. The van der Waals surface area contributed by atoms with Crippen molar-refractivity contribution < 1.29 is 22.7 Å². The van der Waals surface area contributed by atoms with Gasteiger partial charge in [-0.1, -0.05) is 36.4 Å². The number of benzene rings is 2. The second-order valence-electron chi connectivity index (χ2n) is 7.68. The minimum absolute atomic E-state index is 0.238. The first-order chi connectivity index (χ1) is 14.9. The van der Waals surface area contributed by atoms with Gasteiger partial charge in [-0.2, -0.15) is 4.31 Å². The molecule has 1 aromatic heterocycles. The van der Waals surface area contributed by atoms with Crippen molar-refractivity contribution in [3.63, 3.8) is 0 Å². The number of Topliss-reactive ketones (excluding diaryl/α,β-unsaturated/α-hetero) is 1. The van der Waals surface area contributed by atoms with Crippen LogP contribution in [0.5, 0.6) is 0 Å². The number of hydrogen-bond donors (Lipinski definition) is 1. The Morgan fingerprint density at radius 1 is 1.03 bits per heavy atom. The van der Waals surface area contributed by atoms with E-state index in [9.17, 15) is 18.0 Å². The average molecular weight is 441 g/mol. The summed E-state index contributed by atoms with van der Waals surface area (Å²) in [5.74, 6) is -1.16. The maximum absolute atomic E-state index is 12.8. The minimum atomic E-state index is -3.57. The summed E-state index contributed by atoms with van der Waals surface area (Å²) < 4.78 is 32.3. The number of ketones is 1. The Morgan fingerprint density at radius 2 is 1.68 bits per heavy atom. The Hall–Kier alpha value is -2.97. The van der Waals surface area contributed by atoms with Crippen LogP contribution in [0.1, 0.15) is 30.1 Å². The highest BCUT2D eigenvalue weighted by Crippen LogP contribution is 2.26. The molecule has 8 heteroatoms. The van der Waals surface area contributed by atoms with E-state index in [0.717, 1.165) is 10.9 Å². The predicted molar refractivity (Wildman–Crippen MR) is 116 cm³/mol. The van der Waals surface area contributed by atoms with E-state index in [2.05, 4.69) is 4.98 Å². The monoisotopic (exact) mass is 440 g/mol. The molecule has 7 nitrogen and oxygen atoms in total. The molecule has 2 heterocycles. The van der Waals surface area contributed by atoms with E-state index in [1.807, 2.05) is 24.3 Å². The van der Waals surface area contributed by atoms with Crippen LogP contribution in [-0.2, 0) is 19.6 Å². The number of H-pyrrole nitrogens is 1. The normalized spacial score (nSPS) is 16.8. The first-order valence-electron chi connectivity index (χ1n) is 10.2. The number of rotatable bonds is 6. The van der Waals surface area contributed by atoms with Crippen LogP contribution >= 0.6 is 0 Å². The topological polar surface area (TPSA) is 96.5 Å². The van der Waals surface area contributed by atoms with E-state index in [1.54, 1.807) is 43.5 Å². The van der Waals surface area contributed by atoms with E-state index in [-0.39, 0.29) is 23.8 Å². The lowest BCUT2D eigenvalue weighted by Crippen LogP contribution is -2.41. The molecule has 31 heavy (non-hydrogen) atoms. The zero-order valence-electron chi connectivity index (χ0n) is 17.2. The third-order valence-electron chi connectivity index (χ3n) is 5.69. The average Bonchev–Trinajstić information content (AvgIpc) is 3.23. The standard InChI is InChI=1S/C23H24N2O5S/c1-16(22(26)20-15-24-21-10-6-5-9-19(20)21)30-23(27)17-11-13-25(14-12-17)31(28,29)18-7-3-2-4-8-18/h2-10,15-17,24H,11-14H2,1H3/t16-/m1/s1. The van der Waals surface area contributed by atoms with Gasteiger partial charge in [0.05, 0.1) is 10.8 Å². The van der Waals surface area contributed by atoms with Crippen molar-refractivity contribution in [1.82, 2.24) is 9.29 Å². The SMILES string of the molecule is C[C@@H](OC(=O)C1CCN(S(=O)(=O)c2ccccc2)CC1)C(=O)c1c[nH]c2ccccc12. The summed E-state index contributed by atoms with van der Waals surface area (Å²) in [6.07, 6.45) is 1.43. The van der Waals surface area contributed by atoms with Crippen LogP contribution in [0.25, 0.3) is 10.9 Å². The Morgan fingerprint density at radius 3 is 2.39 bits per heavy atom. The summed E-state index contributed by atoms with van der Waals surface area (Å²) in [4.78, 5) is 28.7. The lowest BCUT2D eigenvalue weighted by Gasteiger charge is -2.30. The van der Waals surface area contributed by atoms with Crippen LogP contribution in [0.3, 0.4) is 0 Å². The molecule has 1 aliphatic heterocycles. The number of sulfonamides is 1. The van der Waals surface area contributed by atoms with Crippen molar-refractivity contribution in [3.05, 3.63) is 66.4 Å². The van der Waals surface area contributed by atoms with E-state index in [0.29, 0.717) is 18.4 Å². The third kappa shape index (κ3) is 4.26. The lowest BCUT2D eigenvalue weighted by molar-refractivity contribution is -0.152. The van der Waals surface area contributed by atoms with E-state index < -0.39 is 28.0 Å². The van der Waals surface area contributed by atoms with Crippen LogP contribution in [0, 0.1) is 5.92 Å². The fourth-order valence-corrected chi connectivity index (χ4v) is 5.38. The molecular weight excluding hydrogens is 416 g/mol. The van der Waals surface area contributed by atoms with E-state index in [1.165, 1.54) is 4.31 Å². The number of piperidine rings is 1. The van der Waals surface area contributed by atoms with Gasteiger partial charge in [-0.15, -0.1) is 0 Å². The smallest absolute Gasteiger partial charge is 0.309 e. The molecule has 1 N–H and O–H groups in total. The largest absolute Gasteiger partial charge is 0.454 e. The second-order valence-corrected chi connectivity index (χ2v) is 9.62. The van der Waals surface area contributed by atoms with Crippen LogP contribution in [0.15, 0.2) is 65.7 Å². The van der Waals surface area contributed by atoms with Crippen LogP contribution in [-0.4, -0.2) is 48.7 Å². The number of esters is 1. The summed E-state index contributed by atoms with van der Waals surface area (Å²) >= 11 is 0. The molecule has 1 atom stereocenters. The molecular formula is C23H24N2O5S. The molecule has 1 saturated heterocycles. The van der Waals surface area contributed by atoms with Gasteiger partial charge >= 0.3 is 5.97 Å². The molecule has 2 aromatic carbocycles. The minimum Gasteiger partial charge on any atom is -0.454 e. The Kier molecular flexibility index (Phi) is 5.93. The Bertz CT molecular complexity index is 1190. The van der Waals surface area contributed by atoms with Gasteiger partial charge in [0.2, 0.25) is 15.8 Å². The maximum Gasteiger partial charge on any atom is 0.309 e. The number of carbonyl (C=O) groups is 2. The van der Waals surface area contributed by atoms with Gasteiger partial charge in [0, 0.05) is 35.8 Å². The molecule has 0 unspecified atom stereocenters. The summed E-state index contributed by atoms with van der Waals surface area (Å²) in [6, 6.07) is 15.7. The van der Waals surface area contributed by atoms with Gasteiger partial charge in [-0.05, 0) is 38.0 Å². The fourth-order valence-electron chi connectivity index (χ4n) is 3.89. The number of nitrogens with one attached hydrogen (secondary N) is 1. The first kappa shape index (κ1) is 21.3. The number of aromatic amines is 1. The predicted octanol–water partition coefficient (Wildman–Crippen LogP) is 3.38. The number of fused-ring (bicyclic) bond motifs is 1. The van der Waals surface area contributed by atoms with Gasteiger partial charge in [0.15, 0.2) is 6.10 Å². The highest BCUT2D eigenvalue weighted by molar-refractivity contribution is 7.89. The summed E-state index contributed by atoms with van der Waals surface area (Å²) in [7, 11) is -3.57. The summed E-state index contributed by atoms with van der Waals surface area (Å²) in [6.45, 7) is 2.04. The summed E-state index contributed by atoms with van der Waals surface area (Å²) in [5.41, 5.74) is 1.33. The Balaban J connectivity index is 1.36. The number of nitrogens with zero attached hydrogens (tertiary/aromatic N) is 1.